The Morgan fingerprint density at radius 2 is 1.91 bits per heavy atom. The van der Waals surface area contributed by atoms with Crippen LogP contribution < -0.4 is 10.1 Å². The smallest absolute Gasteiger partial charge is 0.219 e. The van der Waals surface area contributed by atoms with E-state index in [2.05, 4.69) is 32.1 Å². The minimum atomic E-state index is -0.0186. The van der Waals surface area contributed by atoms with Gasteiger partial charge in [0.25, 0.3) is 0 Å². The van der Waals surface area contributed by atoms with E-state index in [1.807, 2.05) is 62.4 Å². The maximum Gasteiger partial charge on any atom is 0.219 e. The van der Waals surface area contributed by atoms with Crippen molar-refractivity contribution in [1.29, 1.82) is 0 Å². The van der Waals surface area contributed by atoms with Crippen molar-refractivity contribution in [2.45, 2.75) is 20.8 Å². The number of hydrogen-bond acceptors (Lipinski definition) is 6. The predicted octanol–water partition coefficient (Wildman–Crippen LogP) is 5.01. The number of fused-ring (bicyclic) bond motifs is 1. The Bertz CT molecular complexity index is 1400. The van der Waals surface area contributed by atoms with Gasteiger partial charge in [-0.1, -0.05) is 11.8 Å². The molecule has 7 heteroatoms. The minimum Gasteiger partial charge on any atom is -0.455 e. The third-order valence-corrected chi connectivity index (χ3v) is 5.27. The Kier molecular flexibility index (Phi) is 6.69. The van der Waals surface area contributed by atoms with Crippen LogP contribution in [0.1, 0.15) is 23.7 Å². The molecule has 0 aliphatic rings. The van der Waals surface area contributed by atoms with Crippen molar-refractivity contribution < 1.29 is 9.53 Å². The van der Waals surface area contributed by atoms with E-state index >= 15 is 0 Å². The van der Waals surface area contributed by atoms with Gasteiger partial charge in [-0.05, 0) is 67.9 Å². The first kappa shape index (κ1) is 22.7. The maximum atomic E-state index is 11.4. The summed E-state index contributed by atoms with van der Waals surface area (Å²) in [6, 6.07) is 15.5. The van der Waals surface area contributed by atoms with Gasteiger partial charge in [0.2, 0.25) is 5.91 Å². The highest BCUT2D eigenvalue weighted by Crippen LogP contribution is 2.29. The standard InChI is InChI=1S/C27H25N5O2/c1-18-14-22(9-12-26(18)34-23-10-7-19(2)28-16-23)31-27-24-15-21(6-5-13-32(4)20(3)33)8-11-25(24)29-17-30-27/h7-12,14-17H,13H2,1-4H3,(H,29,30,31). The van der Waals surface area contributed by atoms with E-state index in [9.17, 15) is 4.79 Å². The van der Waals surface area contributed by atoms with Gasteiger partial charge in [0.1, 0.15) is 23.6 Å². The van der Waals surface area contributed by atoms with E-state index in [-0.39, 0.29) is 5.91 Å². The van der Waals surface area contributed by atoms with Crippen LogP contribution in [0.4, 0.5) is 11.5 Å². The van der Waals surface area contributed by atoms with Crippen molar-refractivity contribution in [1.82, 2.24) is 19.9 Å². The molecule has 34 heavy (non-hydrogen) atoms. The number of aromatic nitrogens is 3. The lowest BCUT2D eigenvalue weighted by Gasteiger charge is -2.12. The molecule has 0 spiro atoms. The summed E-state index contributed by atoms with van der Waals surface area (Å²) in [5, 5.41) is 4.24. The second-order valence-electron chi connectivity index (χ2n) is 7.97. The van der Waals surface area contributed by atoms with E-state index in [1.165, 1.54) is 13.3 Å². The summed E-state index contributed by atoms with van der Waals surface area (Å²) in [7, 11) is 1.73. The van der Waals surface area contributed by atoms with E-state index in [0.29, 0.717) is 18.1 Å². The zero-order valence-corrected chi connectivity index (χ0v) is 19.6. The molecule has 1 amide bonds. The normalized spacial score (nSPS) is 10.4. The summed E-state index contributed by atoms with van der Waals surface area (Å²) >= 11 is 0. The number of nitrogens with zero attached hydrogens (tertiary/aromatic N) is 4. The topological polar surface area (TPSA) is 80.2 Å². The molecule has 4 aromatic rings. The summed E-state index contributed by atoms with van der Waals surface area (Å²) < 4.78 is 5.97. The van der Waals surface area contributed by atoms with Crippen molar-refractivity contribution >= 4 is 28.3 Å². The second kappa shape index (κ2) is 10.0. The lowest BCUT2D eigenvalue weighted by Crippen LogP contribution is -2.23. The summed E-state index contributed by atoms with van der Waals surface area (Å²) in [5.74, 6) is 8.26. The largest absolute Gasteiger partial charge is 0.455 e. The molecule has 7 nitrogen and oxygen atoms in total. The molecule has 0 bridgehead atoms. The van der Waals surface area contributed by atoms with Crippen LogP contribution in [-0.4, -0.2) is 39.4 Å². The number of carbonyl (C=O) groups excluding carboxylic acids is 1. The third kappa shape index (κ3) is 5.48. The monoisotopic (exact) mass is 451 g/mol. The number of aryl methyl sites for hydroxylation is 2. The van der Waals surface area contributed by atoms with Crippen LogP contribution in [0.5, 0.6) is 11.5 Å². The highest BCUT2D eigenvalue weighted by Gasteiger charge is 2.08. The summed E-state index contributed by atoms with van der Waals surface area (Å²) in [6.45, 7) is 5.82. The molecule has 0 aliphatic carbocycles. The summed E-state index contributed by atoms with van der Waals surface area (Å²) in [4.78, 5) is 26.0. The van der Waals surface area contributed by atoms with E-state index < -0.39 is 0 Å². The van der Waals surface area contributed by atoms with Crippen LogP contribution >= 0.6 is 0 Å². The van der Waals surface area contributed by atoms with Crippen molar-refractivity contribution in [2.24, 2.45) is 0 Å². The van der Waals surface area contributed by atoms with Crippen LogP contribution in [0.15, 0.2) is 61.1 Å². The Balaban J connectivity index is 1.55. The van der Waals surface area contributed by atoms with Gasteiger partial charge in [-0.15, -0.1) is 0 Å². The number of carbonyl (C=O) groups is 1. The molecule has 2 heterocycles. The molecular weight excluding hydrogens is 426 g/mol. The Labute approximate surface area is 198 Å². The second-order valence-corrected chi connectivity index (χ2v) is 7.97. The van der Waals surface area contributed by atoms with Crippen LogP contribution in [-0.2, 0) is 4.79 Å². The van der Waals surface area contributed by atoms with Gasteiger partial charge in [0.05, 0.1) is 18.3 Å². The van der Waals surface area contributed by atoms with E-state index in [4.69, 9.17) is 4.74 Å². The fraction of sp³-hybridized carbons (Fsp3) is 0.185. The SMILES string of the molecule is CC(=O)N(C)CC#Cc1ccc2ncnc(Nc3ccc(Oc4ccc(C)nc4)c(C)c3)c2c1. The zero-order chi connectivity index (χ0) is 24.1. The van der Waals surface area contributed by atoms with Crippen LogP contribution in [0.2, 0.25) is 0 Å². The highest BCUT2D eigenvalue weighted by molar-refractivity contribution is 5.91. The molecule has 0 fully saturated rings. The molecule has 170 valence electrons. The van der Waals surface area contributed by atoms with E-state index in [1.54, 1.807) is 18.1 Å². The number of nitrogens with one attached hydrogen (secondary N) is 1. The third-order valence-electron chi connectivity index (χ3n) is 5.27. The first-order chi connectivity index (χ1) is 16.4. The quantitative estimate of drug-likeness (QED) is 0.430. The van der Waals surface area contributed by atoms with Crippen molar-refractivity contribution in [3.63, 3.8) is 0 Å². The van der Waals surface area contributed by atoms with Gasteiger partial charge in [-0.2, -0.15) is 0 Å². The Hall–Kier alpha value is -4.44. The molecule has 2 aromatic carbocycles. The van der Waals surface area contributed by atoms with Gasteiger partial charge in [-0.3, -0.25) is 9.78 Å². The minimum absolute atomic E-state index is 0.0186. The van der Waals surface area contributed by atoms with Crippen LogP contribution in [0, 0.1) is 25.7 Å². The Morgan fingerprint density at radius 3 is 2.65 bits per heavy atom. The molecule has 0 saturated carbocycles. The first-order valence-electron chi connectivity index (χ1n) is 10.8. The molecule has 4 rings (SSSR count). The molecule has 0 saturated heterocycles. The van der Waals surface area contributed by atoms with Crippen LogP contribution in [0.25, 0.3) is 10.9 Å². The summed E-state index contributed by atoms with van der Waals surface area (Å²) in [5.41, 5.74) is 4.44. The van der Waals surface area contributed by atoms with E-state index in [0.717, 1.165) is 39.2 Å². The van der Waals surface area contributed by atoms with Crippen LogP contribution in [0.3, 0.4) is 0 Å². The lowest BCUT2D eigenvalue weighted by atomic mass is 10.1. The van der Waals surface area contributed by atoms with Gasteiger partial charge in [0, 0.05) is 36.3 Å². The van der Waals surface area contributed by atoms with Gasteiger partial charge in [0.15, 0.2) is 0 Å². The first-order valence-corrected chi connectivity index (χ1v) is 10.8. The average Bonchev–Trinajstić information content (AvgIpc) is 2.82. The molecule has 1 N–H and O–H groups in total. The highest BCUT2D eigenvalue weighted by atomic mass is 16.5. The van der Waals surface area contributed by atoms with Gasteiger partial charge >= 0.3 is 0 Å². The van der Waals surface area contributed by atoms with Crippen molar-refractivity contribution in [3.05, 3.63) is 77.9 Å². The number of rotatable bonds is 5. The number of benzene rings is 2. The average molecular weight is 452 g/mol. The number of hydrogen-bond donors (Lipinski definition) is 1. The molecule has 0 atom stereocenters. The molecule has 0 unspecified atom stereocenters. The predicted molar refractivity (Wildman–Crippen MR) is 133 cm³/mol. The Morgan fingerprint density at radius 1 is 1.06 bits per heavy atom. The fourth-order valence-electron chi connectivity index (χ4n) is 3.23. The number of ether oxygens (including phenoxy) is 1. The number of amides is 1. The van der Waals surface area contributed by atoms with Gasteiger partial charge in [-0.25, -0.2) is 9.97 Å². The maximum absolute atomic E-state index is 11.4. The molecule has 0 radical (unpaired) electrons. The molecule has 0 aliphatic heterocycles. The zero-order valence-electron chi connectivity index (χ0n) is 19.6. The van der Waals surface area contributed by atoms with Crippen molar-refractivity contribution in [2.75, 3.05) is 18.9 Å². The molecule has 2 aromatic heterocycles. The van der Waals surface area contributed by atoms with Crippen molar-refractivity contribution in [3.8, 4) is 23.3 Å². The number of anilines is 2. The molecular formula is C27H25N5O2. The lowest BCUT2D eigenvalue weighted by molar-refractivity contribution is -0.126. The summed E-state index contributed by atoms with van der Waals surface area (Å²) in [6.07, 6.45) is 3.25. The fourth-order valence-corrected chi connectivity index (χ4v) is 3.23. The van der Waals surface area contributed by atoms with Gasteiger partial charge < -0.3 is 15.0 Å². The number of pyridine rings is 1.